The topological polar surface area (TPSA) is 42.2 Å². The van der Waals surface area contributed by atoms with Gasteiger partial charge in [0.2, 0.25) is 0 Å². The fourth-order valence-electron chi connectivity index (χ4n) is 2.06. The number of hydrogen-bond acceptors (Lipinski definition) is 3. The van der Waals surface area contributed by atoms with E-state index >= 15 is 0 Å². The van der Waals surface area contributed by atoms with E-state index in [9.17, 15) is 4.79 Å². The second-order valence-electron chi connectivity index (χ2n) is 4.92. The molecule has 0 aromatic carbocycles. The molecule has 0 spiro atoms. The molecule has 1 aliphatic rings. The molecule has 16 heavy (non-hydrogen) atoms. The lowest BCUT2D eigenvalue weighted by molar-refractivity contribution is 0.352. The van der Waals surface area contributed by atoms with Gasteiger partial charge >= 0.3 is 0 Å². The van der Waals surface area contributed by atoms with Gasteiger partial charge in [0.15, 0.2) is 5.88 Å². The second kappa shape index (κ2) is 4.03. The minimum atomic E-state index is 0.0937. The van der Waals surface area contributed by atoms with Gasteiger partial charge in [-0.05, 0) is 30.4 Å². The predicted molar refractivity (Wildman–Crippen MR) is 62.6 cm³/mol. The molecule has 0 saturated carbocycles. The molecule has 1 aromatic heterocycles. The molecule has 2 rings (SSSR count). The van der Waals surface area contributed by atoms with Crippen LogP contribution in [-0.4, -0.2) is 5.94 Å². The number of furan rings is 1. The van der Waals surface area contributed by atoms with E-state index in [1.807, 2.05) is 24.2 Å². The van der Waals surface area contributed by atoms with E-state index in [-0.39, 0.29) is 5.41 Å². The molecule has 1 aromatic rings. The molecule has 3 nitrogen and oxygen atoms in total. The highest BCUT2D eigenvalue weighted by atomic mass is 16.3. The van der Waals surface area contributed by atoms with Crippen molar-refractivity contribution in [3.63, 3.8) is 0 Å². The first-order valence-corrected chi connectivity index (χ1v) is 5.34. The fourth-order valence-corrected chi connectivity index (χ4v) is 2.06. The number of rotatable bonds is 2. The average molecular weight is 217 g/mol. The third kappa shape index (κ3) is 2.44. The normalized spacial score (nSPS) is 18.9. The highest BCUT2D eigenvalue weighted by Crippen LogP contribution is 2.37. The molecule has 1 heterocycles. The van der Waals surface area contributed by atoms with E-state index in [4.69, 9.17) is 4.42 Å². The average Bonchev–Trinajstić information content (AvgIpc) is 2.67. The maximum atomic E-state index is 10.7. The minimum Gasteiger partial charge on any atom is -0.449 e. The largest absolute Gasteiger partial charge is 0.449 e. The van der Waals surface area contributed by atoms with E-state index in [1.165, 1.54) is 0 Å². The molecule has 0 amide bonds. The van der Waals surface area contributed by atoms with Gasteiger partial charge in [0.1, 0.15) is 5.94 Å². The Morgan fingerprint density at radius 1 is 1.44 bits per heavy atom. The zero-order chi connectivity index (χ0) is 11.6. The first-order valence-electron chi connectivity index (χ1n) is 5.34. The summed E-state index contributed by atoms with van der Waals surface area (Å²) in [5.74, 6) is 2.69. The van der Waals surface area contributed by atoms with Gasteiger partial charge < -0.3 is 9.73 Å². The van der Waals surface area contributed by atoms with Gasteiger partial charge in [-0.2, -0.15) is 0 Å². The first-order chi connectivity index (χ1) is 7.59. The van der Waals surface area contributed by atoms with E-state index < -0.39 is 0 Å². The van der Waals surface area contributed by atoms with Gasteiger partial charge in [-0.3, -0.25) is 0 Å². The number of carbonyl (C=O) groups excluding carboxylic acids is 1. The van der Waals surface area contributed by atoms with Gasteiger partial charge in [0, 0.05) is 17.3 Å². The van der Waals surface area contributed by atoms with Crippen molar-refractivity contribution in [2.75, 3.05) is 5.32 Å². The molecule has 0 bridgehead atoms. The summed E-state index contributed by atoms with van der Waals surface area (Å²) in [6.45, 7) is 4.28. The van der Waals surface area contributed by atoms with Crippen LogP contribution < -0.4 is 5.32 Å². The maximum Gasteiger partial charge on any atom is 0.196 e. The molecule has 0 fully saturated rings. The van der Waals surface area contributed by atoms with Crippen LogP contribution in [0.4, 0.5) is 5.88 Å². The van der Waals surface area contributed by atoms with Crippen LogP contribution >= 0.6 is 0 Å². The summed E-state index contributed by atoms with van der Waals surface area (Å²) in [5, 5.41) is 3.18. The summed E-state index contributed by atoms with van der Waals surface area (Å²) >= 11 is 0. The van der Waals surface area contributed by atoms with Crippen LogP contribution in [0.2, 0.25) is 0 Å². The highest BCUT2D eigenvalue weighted by molar-refractivity contribution is 5.60. The molecule has 0 aliphatic heterocycles. The fraction of sp³-hybridized carbons (Fsp3) is 0.385. The van der Waals surface area contributed by atoms with E-state index in [0.29, 0.717) is 11.5 Å². The van der Waals surface area contributed by atoms with Crippen molar-refractivity contribution >= 4 is 11.8 Å². The molecule has 1 N–H and O–H groups in total. The van der Waals surface area contributed by atoms with Crippen molar-refractivity contribution in [2.45, 2.75) is 26.7 Å². The zero-order valence-electron chi connectivity index (χ0n) is 9.54. The molecule has 1 aliphatic carbocycles. The number of allylic oxidation sites excluding steroid dienone is 3. The zero-order valence-corrected chi connectivity index (χ0v) is 9.54. The summed E-state index contributed by atoms with van der Waals surface area (Å²) in [6.07, 6.45) is 5.16. The molecule has 3 heteroatoms. The Morgan fingerprint density at radius 2 is 2.25 bits per heavy atom. The predicted octanol–water partition coefficient (Wildman–Crippen LogP) is 3.15. The summed E-state index contributed by atoms with van der Waals surface area (Å²) < 4.78 is 5.21. The lowest BCUT2D eigenvalue weighted by Crippen LogP contribution is -2.20. The van der Waals surface area contributed by atoms with Crippen molar-refractivity contribution in [3.8, 4) is 0 Å². The number of nitrogens with one attached hydrogen (secondary N) is 1. The van der Waals surface area contributed by atoms with Crippen molar-refractivity contribution < 1.29 is 9.21 Å². The van der Waals surface area contributed by atoms with E-state index in [0.717, 1.165) is 18.5 Å². The van der Waals surface area contributed by atoms with Gasteiger partial charge in [0.05, 0.1) is 6.26 Å². The number of anilines is 1. The monoisotopic (exact) mass is 217 g/mol. The molecular formula is C13H15NO2. The van der Waals surface area contributed by atoms with E-state index in [2.05, 4.69) is 19.2 Å². The molecule has 0 unspecified atom stereocenters. The Balaban J connectivity index is 2.20. The SMILES string of the molecule is CC1(C)CC(=C=O)C=C(Nc2ccco2)C1. The van der Waals surface area contributed by atoms with Crippen LogP contribution in [0.5, 0.6) is 0 Å². The first kappa shape index (κ1) is 10.8. The second-order valence-corrected chi connectivity index (χ2v) is 4.92. The van der Waals surface area contributed by atoms with Crippen molar-refractivity contribution in [1.82, 2.24) is 0 Å². The van der Waals surface area contributed by atoms with E-state index in [1.54, 1.807) is 6.26 Å². The molecule has 0 radical (unpaired) electrons. The third-order valence-electron chi connectivity index (χ3n) is 2.62. The Kier molecular flexibility index (Phi) is 2.71. The van der Waals surface area contributed by atoms with Gasteiger partial charge in [-0.25, -0.2) is 4.79 Å². The summed E-state index contributed by atoms with van der Waals surface area (Å²) in [7, 11) is 0. The smallest absolute Gasteiger partial charge is 0.196 e. The third-order valence-corrected chi connectivity index (χ3v) is 2.62. The lowest BCUT2D eigenvalue weighted by atomic mass is 9.77. The van der Waals surface area contributed by atoms with Gasteiger partial charge in [-0.15, -0.1) is 0 Å². The Hall–Kier alpha value is -1.73. The Bertz CT molecular complexity index is 448. The highest BCUT2D eigenvalue weighted by Gasteiger charge is 2.26. The molecule has 84 valence electrons. The van der Waals surface area contributed by atoms with Crippen LogP contribution in [-0.2, 0) is 4.79 Å². The number of hydrogen-bond donors (Lipinski definition) is 1. The minimum absolute atomic E-state index is 0.0937. The van der Waals surface area contributed by atoms with Crippen molar-refractivity contribution in [2.24, 2.45) is 5.41 Å². The lowest BCUT2D eigenvalue weighted by Gasteiger charge is -2.29. The summed E-state index contributed by atoms with van der Waals surface area (Å²) in [5.41, 5.74) is 1.81. The van der Waals surface area contributed by atoms with Crippen molar-refractivity contribution in [3.05, 3.63) is 35.7 Å². The van der Waals surface area contributed by atoms with Gasteiger partial charge in [0.25, 0.3) is 0 Å². The Labute approximate surface area is 94.8 Å². The van der Waals surface area contributed by atoms with Crippen LogP contribution in [0.3, 0.4) is 0 Å². The van der Waals surface area contributed by atoms with Gasteiger partial charge in [-0.1, -0.05) is 13.8 Å². The quantitative estimate of drug-likeness (QED) is 0.774. The standard InChI is InChI=1S/C13H15NO2/c1-13(2)7-10(9-15)6-11(8-13)14-12-4-3-5-16-12/h3-6,14H,7-8H2,1-2H3. The molecule has 0 saturated heterocycles. The van der Waals surface area contributed by atoms with Crippen LogP contribution in [0.1, 0.15) is 26.7 Å². The summed E-state index contributed by atoms with van der Waals surface area (Å²) in [4.78, 5) is 10.7. The molecule has 0 atom stereocenters. The summed E-state index contributed by atoms with van der Waals surface area (Å²) in [6, 6.07) is 3.68. The maximum absolute atomic E-state index is 10.7. The van der Waals surface area contributed by atoms with Crippen LogP contribution in [0.15, 0.2) is 40.2 Å². The Morgan fingerprint density at radius 3 is 2.88 bits per heavy atom. The molecular weight excluding hydrogens is 202 g/mol. The van der Waals surface area contributed by atoms with Crippen molar-refractivity contribution in [1.29, 1.82) is 0 Å². The van der Waals surface area contributed by atoms with Crippen LogP contribution in [0.25, 0.3) is 0 Å². The van der Waals surface area contributed by atoms with Crippen LogP contribution in [0, 0.1) is 5.41 Å².